The van der Waals surface area contributed by atoms with Crippen LogP contribution in [0.2, 0.25) is 0 Å². The number of nitrogens with zero attached hydrogens (tertiary/aromatic N) is 1. The highest BCUT2D eigenvalue weighted by Crippen LogP contribution is 2.50. The summed E-state index contributed by atoms with van der Waals surface area (Å²) in [5, 5.41) is 10.2. The Morgan fingerprint density at radius 1 is 0.931 bits per heavy atom. The number of carbonyl (C=O) groups is 1. The summed E-state index contributed by atoms with van der Waals surface area (Å²) in [6, 6.07) is 12.0. The van der Waals surface area contributed by atoms with E-state index >= 15 is 0 Å². The Morgan fingerprint density at radius 2 is 1.66 bits per heavy atom. The van der Waals surface area contributed by atoms with Gasteiger partial charge < -0.3 is 14.7 Å². The van der Waals surface area contributed by atoms with Gasteiger partial charge in [0, 0.05) is 36.0 Å². The first-order valence-electron chi connectivity index (χ1n) is 10.6. The fourth-order valence-electron chi connectivity index (χ4n) is 5.28. The Kier molecular flexibility index (Phi) is 5.73. The number of halogens is 1. The first-order chi connectivity index (χ1) is 13.7. The molecular formula is C24H28ClNO3. The van der Waals surface area contributed by atoms with Crippen molar-refractivity contribution in [1.82, 2.24) is 0 Å². The number of para-hydroxylation sites is 1. The first kappa shape index (κ1) is 20.1. The Balaban J connectivity index is 0.00000205. The second-order valence-electron chi connectivity index (χ2n) is 8.39. The molecule has 2 aliphatic heterocycles. The van der Waals surface area contributed by atoms with E-state index in [0.29, 0.717) is 11.7 Å². The normalized spacial score (nSPS) is 21.0. The minimum absolute atomic E-state index is 0. The third-order valence-corrected chi connectivity index (χ3v) is 6.66. The number of ether oxygens (including phenoxy) is 1. The Bertz CT molecular complexity index is 901. The van der Waals surface area contributed by atoms with Crippen molar-refractivity contribution in [3.8, 4) is 11.5 Å². The van der Waals surface area contributed by atoms with E-state index in [1.165, 1.54) is 43.4 Å². The molecule has 0 bridgehead atoms. The van der Waals surface area contributed by atoms with Crippen molar-refractivity contribution in [3.63, 3.8) is 0 Å². The maximum absolute atomic E-state index is 12.4. The molecule has 2 fully saturated rings. The van der Waals surface area contributed by atoms with Gasteiger partial charge in [-0.3, -0.25) is 4.79 Å². The van der Waals surface area contributed by atoms with E-state index in [9.17, 15) is 9.90 Å². The van der Waals surface area contributed by atoms with Crippen molar-refractivity contribution < 1.29 is 14.6 Å². The third-order valence-electron chi connectivity index (χ3n) is 6.66. The lowest BCUT2D eigenvalue weighted by Crippen LogP contribution is -2.24. The van der Waals surface area contributed by atoms with Gasteiger partial charge in [0.2, 0.25) is 0 Å². The molecule has 2 aromatic carbocycles. The monoisotopic (exact) mass is 413 g/mol. The van der Waals surface area contributed by atoms with E-state index in [0.717, 1.165) is 42.8 Å². The average Bonchev–Trinajstić information content (AvgIpc) is 3.26. The fraction of sp³-hybridized carbons (Fsp3) is 0.458. The maximum Gasteiger partial charge on any atom is 0.315 e. The van der Waals surface area contributed by atoms with Crippen molar-refractivity contribution in [3.05, 3.63) is 53.1 Å². The van der Waals surface area contributed by atoms with Crippen LogP contribution in [0.25, 0.3) is 0 Å². The van der Waals surface area contributed by atoms with Gasteiger partial charge in [0.1, 0.15) is 17.4 Å². The topological polar surface area (TPSA) is 49.8 Å². The lowest BCUT2D eigenvalue weighted by molar-refractivity contribution is -0.137. The van der Waals surface area contributed by atoms with Gasteiger partial charge in [-0.05, 0) is 49.3 Å². The predicted molar refractivity (Wildman–Crippen MR) is 117 cm³/mol. The molecule has 0 amide bonds. The maximum atomic E-state index is 12.4. The van der Waals surface area contributed by atoms with Crippen LogP contribution in [-0.2, 0) is 4.79 Å². The molecule has 2 heterocycles. The summed E-state index contributed by atoms with van der Waals surface area (Å²) in [6.07, 6.45) is 8.46. The third kappa shape index (κ3) is 3.59. The van der Waals surface area contributed by atoms with Crippen LogP contribution >= 0.6 is 12.4 Å². The zero-order chi connectivity index (χ0) is 19.1. The number of rotatable bonds is 3. The van der Waals surface area contributed by atoms with Crippen molar-refractivity contribution in [2.45, 2.75) is 56.8 Å². The van der Waals surface area contributed by atoms with Gasteiger partial charge in [0.05, 0.1) is 0 Å². The molecular weight excluding hydrogens is 386 g/mol. The summed E-state index contributed by atoms with van der Waals surface area (Å²) in [6.45, 7) is 2.14. The zero-order valence-electron chi connectivity index (χ0n) is 16.6. The zero-order valence-corrected chi connectivity index (χ0v) is 17.4. The molecule has 29 heavy (non-hydrogen) atoms. The van der Waals surface area contributed by atoms with Gasteiger partial charge in [-0.2, -0.15) is 0 Å². The fourth-order valence-corrected chi connectivity index (χ4v) is 5.28. The Labute approximate surface area is 178 Å². The minimum Gasteiger partial charge on any atom is -0.481 e. The van der Waals surface area contributed by atoms with Crippen LogP contribution in [0.4, 0.5) is 5.69 Å². The van der Waals surface area contributed by atoms with E-state index in [-0.39, 0.29) is 12.4 Å². The van der Waals surface area contributed by atoms with E-state index in [1.807, 2.05) is 24.3 Å². The second-order valence-corrected chi connectivity index (χ2v) is 8.39. The quantitative estimate of drug-likeness (QED) is 0.662. The van der Waals surface area contributed by atoms with Gasteiger partial charge >= 0.3 is 5.97 Å². The standard InChI is InChI=1S/C24H27NO3.ClH/c26-24(27)23-18-10-4-5-11-20(18)28-21-15-17(25-12-6-7-13-25)14-19(22(21)23)16-8-2-1-3-9-16;/h4-5,10-11,14-16,23H,1-3,6-9,12-13H2,(H,26,27);1H. The van der Waals surface area contributed by atoms with E-state index in [1.54, 1.807) is 0 Å². The molecule has 0 radical (unpaired) electrons. The van der Waals surface area contributed by atoms with Gasteiger partial charge in [-0.25, -0.2) is 0 Å². The van der Waals surface area contributed by atoms with Crippen LogP contribution in [0.3, 0.4) is 0 Å². The van der Waals surface area contributed by atoms with E-state index < -0.39 is 11.9 Å². The predicted octanol–water partition coefficient (Wildman–Crippen LogP) is 6.08. The summed E-state index contributed by atoms with van der Waals surface area (Å²) in [5.74, 6) is 0.417. The summed E-state index contributed by atoms with van der Waals surface area (Å²) in [5.41, 5.74) is 4.07. The van der Waals surface area contributed by atoms with Crippen LogP contribution in [-0.4, -0.2) is 24.2 Å². The highest BCUT2D eigenvalue weighted by molar-refractivity contribution is 5.86. The summed E-state index contributed by atoms with van der Waals surface area (Å²) >= 11 is 0. The molecule has 1 saturated carbocycles. The molecule has 0 spiro atoms. The summed E-state index contributed by atoms with van der Waals surface area (Å²) in [7, 11) is 0. The van der Waals surface area contributed by atoms with Crippen LogP contribution in [0.5, 0.6) is 11.5 Å². The van der Waals surface area contributed by atoms with Gasteiger partial charge in [0.15, 0.2) is 0 Å². The Morgan fingerprint density at radius 3 is 2.38 bits per heavy atom. The number of hydrogen-bond acceptors (Lipinski definition) is 3. The SMILES string of the molecule is Cl.O=C(O)C1c2ccccc2Oc2cc(N3CCCC3)cc(C3CCCCC3)c21. The molecule has 1 N–H and O–H groups in total. The summed E-state index contributed by atoms with van der Waals surface area (Å²) < 4.78 is 6.30. The lowest BCUT2D eigenvalue weighted by Gasteiger charge is -2.33. The number of carboxylic acid groups (broad SMARTS) is 1. The number of anilines is 1. The van der Waals surface area contributed by atoms with Crippen LogP contribution in [0, 0.1) is 0 Å². The minimum atomic E-state index is -0.789. The number of hydrogen-bond donors (Lipinski definition) is 1. The Hall–Kier alpha value is -2.20. The summed E-state index contributed by atoms with van der Waals surface area (Å²) in [4.78, 5) is 14.8. The van der Waals surface area contributed by atoms with Crippen molar-refractivity contribution in [1.29, 1.82) is 0 Å². The largest absolute Gasteiger partial charge is 0.481 e. The molecule has 5 heteroatoms. The molecule has 5 rings (SSSR count). The molecule has 2 aromatic rings. The molecule has 154 valence electrons. The molecule has 4 nitrogen and oxygen atoms in total. The number of fused-ring (bicyclic) bond motifs is 2. The average molecular weight is 414 g/mol. The molecule has 1 saturated heterocycles. The number of benzene rings is 2. The van der Waals surface area contributed by atoms with E-state index in [4.69, 9.17) is 4.74 Å². The molecule has 1 aliphatic carbocycles. The van der Waals surface area contributed by atoms with Gasteiger partial charge in [0.25, 0.3) is 0 Å². The molecule has 1 unspecified atom stereocenters. The van der Waals surface area contributed by atoms with Crippen molar-refractivity contribution in [2.24, 2.45) is 0 Å². The molecule has 1 atom stereocenters. The van der Waals surface area contributed by atoms with Crippen molar-refractivity contribution >= 4 is 24.1 Å². The second kappa shape index (κ2) is 8.27. The van der Waals surface area contributed by atoms with E-state index in [2.05, 4.69) is 17.0 Å². The van der Waals surface area contributed by atoms with Crippen molar-refractivity contribution in [2.75, 3.05) is 18.0 Å². The van der Waals surface area contributed by atoms with Crippen LogP contribution in [0.1, 0.15) is 73.5 Å². The van der Waals surface area contributed by atoms with Crippen LogP contribution < -0.4 is 9.64 Å². The smallest absolute Gasteiger partial charge is 0.315 e. The number of carboxylic acids is 1. The van der Waals surface area contributed by atoms with Gasteiger partial charge in [-0.1, -0.05) is 37.5 Å². The first-order valence-corrected chi connectivity index (χ1v) is 10.6. The molecule has 3 aliphatic rings. The molecule has 0 aromatic heterocycles. The highest BCUT2D eigenvalue weighted by Gasteiger charge is 2.37. The lowest BCUT2D eigenvalue weighted by atomic mass is 9.76. The number of aliphatic carboxylic acids is 1. The highest BCUT2D eigenvalue weighted by atomic mass is 35.5. The van der Waals surface area contributed by atoms with Gasteiger partial charge in [-0.15, -0.1) is 12.4 Å². The van der Waals surface area contributed by atoms with Crippen LogP contribution in [0.15, 0.2) is 36.4 Å².